The summed E-state index contributed by atoms with van der Waals surface area (Å²) in [7, 11) is -3.62. The molecule has 32 heavy (non-hydrogen) atoms. The predicted molar refractivity (Wildman–Crippen MR) is 128 cm³/mol. The summed E-state index contributed by atoms with van der Waals surface area (Å²) >= 11 is 0. The number of fused-ring (bicyclic) bond motifs is 2. The second-order valence-corrected chi connectivity index (χ2v) is 11.3. The van der Waals surface area contributed by atoms with Gasteiger partial charge in [0.05, 0.1) is 0 Å². The number of nitrogens with one attached hydrogen (secondary N) is 3. The van der Waals surface area contributed by atoms with Crippen LogP contribution in [0.2, 0.25) is 0 Å². The summed E-state index contributed by atoms with van der Waals surface area (Å²) in [6.07, 6.45) is 7.25. The molecular formula is C23H36N6O2S. The first kappa shape index (κ1) is 22.1. The number of nitrogens with zero attached hydrogens (tertiary/aromatic N) is 3. The highest BCUT2D eigenvalue weighted by molar-refractivity contribution is 8.04. The molecule has 1 aromatic rings. The van der Waals surface area contributed by atoms with Gasteiger partial charge in [0.2, 0.25) is 5.17 Å². The summed E-state index contributed by atoms with van der Waals surface area (Å²) in [5.41, 5.74) is 12.8. The minimum Gasteiger partial charge on any atom is -0.350 e. The van der Waals surface area contributed by atoms with Gasteiger partial charge in [0, 0.05) is 25.3 Å². The summed E-state index contributed by atoms with van der Waals surface area (Å²) in [6.45, 7) is 8.38. The van der Waals surface area contributed by atoms with Crippen LogP contribution in [0.25, 0.3) is 0 Å². The zero-order valence-electron chi connectivity index (χ0n) is 19.3. The third kappa shape index (κ3) is 4.04. The highest BCUT2D eigenvalue weighted by Gasteiger charge is 2.38. The van der Waals surface area contributed by atoms with Crippen molar-refractivity contribution < 1.29 is 8.42 Å². The normalized spacial score (nSPS) is 25.2. The number of anilines is 1. The third-order valence-corrected chi connectivity index (χ3v) is 9.27. The average molecular weight is 461 g/mol. The van der Waals surface area contributed by atoms with Crippen LogP contribution in [-0.4, -0.2) is 61.8 Å². The highest BCUT2D eigenvalue weighted by Crippen LogP contribution is 2.39. The van der Waals surface area contributed by atoms with Gasteiger partial charge in [0.1, 0.15) is 0 Å². The Morgan fingerprint density at radius 1 is 1.12 bits per heavy atom. The molecule has 5 rings (SSSR count). The van der Waals surface area contributed by atoms with Gasteiger partial charge in [-0.1, -0.05) is 19.9 Å². The second kappa shape index (κ2) is 8.93. The molecule has 0 aromatic heterocycles. The van der Waals surface area contributed by atoms with E-state index in [0.29, 0.717) is 19.0 Å². The fourth-order valence-corrected chi connectivity index (χ4v) is 7.20. The number of hydrazine groups is 1. The Labute approximate surface area is 191 Å². The fourth-order valence-electron chi connectivity index (χ4n) is 5.77. The van der Waals surface area contributed by atoms with E-state index in [1.165, 1.54) is 40.8 Å². The summed E-state index contributed by atoms with van der Waals surface area (Å²) in [5, 5.41) is 3.56. The lowest BCUT2D eigenvalue weighted by Gasteiger charge is -2.22. The number of aryl methyl sites for hydroxylation is 2. The quantitative estimate of drug-likeness (QED) is 0.575. The van der Waals surface area contributed by atoms with Crippen LogP contribution in [0.4, 0.5) is 5.69 Å². The maximum absolute atomic E-state index is 13.2. The largest absolute Gasteiger partial charge is 0.350 e. The van der Waals surface area contributed by atoms with Crippen molar-refractivity contribution in [1.29, 1.82) is 0 Å². The van der Waals surface area contributed by atoms with Crippen molar-refractivity contribution in [3.63, 3.8) is 0 Å². The zero-order valence-corrected chi connectivity index (χ0v) is 20.1. The molecule has 3 N–H and O–H groups in total. The van der Waals surface area contributed by atoms with Crippen molar-refractivity contribution in [3.05, 3.63) is 28.3 Å². The van der Waals surface area contributed by atoms with E-state index in [1.807, 2.05) is 0 Å². The molecule has 0 bridgehead atoms. The van der Waals surface area contributed by atoms with E-state index in [9.17, 15) is 8.42 Å². The van der Waals surface area contributed by atoms with E-state index >= 15 is 0 Å². The molecule has 0 radical (unpaired) electrons. The van der Waals surface area contributed by atoms with Gasteiger partial charge < -0.3 is 10.2 Å². The van der Waals surface area contributed by atoms with Gasteiger partial charge in [-0.05, 0) is 86.2 Å². The molecule has 0 saturated carbocycles. The minimum atomic E-state index is -3.62. The Bertz CT molecular complexity index is 972. The lowest BCUT2D eigenvalue weighted by atomic mass is 9.99. The molecule has 0 amide bonds. The van der Waals surface area contributed by atoms with Gasteiger partial charge in [-0.3, -0.25) is 5.43 Å². The lowest BCUT2D eigenvalue weighted by molar-refractivity contribution is 0.256. The van der Waals surface area contributed by atoms with Crippen molar-refractivity contribution in [2.75, 3.05) is 38.0 Å². The van der Waals surface area contributed by atoms with Crippen LogP contribution < -0.4 is 16.2 Å². The molecule has 2 heterocycles. The van der Waals surface area contributed by atoms with Crippen LogP contribution in [0.1, 0.15) is 55.4 Å². The molecule has 176 valence electrons. The number of rotatable bonds is 7. The van der Waals surface area contributed by atoms with E-state index < -0.39 is 16.3 Å². The molecule has 2 atom stereocenters. The molecule has 8 nitrogen and oxygen atoms in total. The number of amidine groups is 1. The average Bonchev–Trinajstić information content (AvgIpc) is 3.58. The number of sulfonamides is 1. The molecule has 1 saturated heterocycles. The molecule has 4 aliphatic rings. The maximum atomic E-state index is 13.2. The maximum Gasteiger partial charge on any atom is 0.277 e. The van der Waals surface area contributed by atoms with Crippen molar-refractivity contribution >= 4 is 20.9 Å². The van der Waals surface area contributed by atoms with Gasteiger partial charge in [0.25, 0.3) is 10.0 Å². The zero-order chi connectivity index (χ0) is 22.3. The molecule has 0 spiro atoms. The number of benzene rings is 1. The molecule has 1 aromatic carbocycles. The van der Waals surface area contributed by atoms with Crippen molar-refractivity contribution in [1.82, 2.24) is 20.1 Å². The van der Waals surface area contributed by atoms with E-state index in [0.717, 1.165) is 51.7 Å². The van der Waals surface area contributed by atoms with Crippen LogP contribution in [0, 0.1) is 5.92 Å². The summed E-state index contributed by atoms with van der Waals surface area (Å²) in [5.74, 6) is 0.378. The lowest BCUT2D eigenvalue weighted by Crippen LogP contribution is -2.45. The van der Waals surface area contributed by atoms with Gasteiger partial charge in [-0.15, -0.1) is 0 Å². The van der Waals surface area contributed by atoms with Crippen LogP contribution >= 0.6 is 0 Å². The SMILES string of the molecule is CCN(CC)C[C@@H]1CCN(S(=O)(=O)C2=NC(Nc3c4c(cc5c3CCC5)CCC4)NN2)C1. The summed E-state index contributed by atoms with van der Waals surface area (Å²) in [4.78, 5) is 6.88. The monoisotopic (exact) mass is 460 g/mol. The van der Waals surface area contributed by atoms with Crippen LogP contribution in [0.15, 0.2) is 11.1 Å². The fraction of sp³-hybridized carbons (Fsp3) is 0.696. The van der Waals surface area contributed by atoms with E-state index in [-0.39, 0.29) is 5.17 Å². The molecule has 2 aliphatic carbocycles. The van der Waals surface area contributed by atoms with Gasteiger partial charge >= 0.3 is 0 Å². The minimum absolute atomic E-state index is 0.0303. The van der Waals surface area contributed by atoms with E-state index in [1.54, 1.807) is 4.31 Å². The smallest absolute Gasteiger partial charge is 0.277 e. The Kier molecular flexibility index (Phi) is 6.17. The topological polar surface area (TPSA) is 89.1 Å². The van der Waals surface area contributed by atoms with Crippen LogP contribution in [0.5, 0.6) is 0 Å². The molecule has 1 unspecified atom stereocenters. The Morgan fingerprint density at radius 3 is 2.47 bits per heavy atom. The van der Waals surface area contributed by atoms with Gasteiger partial charge in [0.15, 0.2) is 6.29 Å². The Hall–Kier alpha value is -1.68. The van der Waals surface area contributed by atoms with E-state index in [2.05, 4.69) is 46.0 Å². The standard InChI is InChI=1S/C23H36N6O2S/c1-3-28(4-2)14-16-11-12-29(15-16)32(30,31)23-25-22(26-27-23)24-21-19-9-5-7-17(19)13-18-8-6-10-20(18)21/h13,16,22,24,26H,3-12,14-15H2,1-2H3,(H,25,27)/t16-,22?/m0/s1. The van der Waals surface area contributed by atoms with Crippen LogP contribution in [0.3, 0.4) is 0 Å². The number of hydrogen-bond donors (Lipinski definition) is 3. The summed E-state index contributed by atoms with van der Waals surface area (Å²) in [6, 6.07) is 2.40. The number of aliphatic imine (C=N–C) groups is 1. The molecule has 1 fully saturated rings. The van der Waals surface area contributed by atoms with Crippen molar-refractivity contribution in [2.45, 2.75) is 65.1 Å². The molecule has 2 aliphatic heterocycles. The van der Waals surface area contributed by atoms with Gasteiger partial charge in [-0.2, -0.15) is 9.73 Å². The second-order valence-electron chi connectivity index (χ2n) is 9.49. The number of hydrogen-bond acceptors (Lipinski definition) is 7. The molecular weight excluding hydrogens is 424 g/mol. The summed E-state index contributed by atoms with van der Waals surface area (Å²) < 4.78 is 28.1. The Balaban J connectivity index is 1.29. The third-order valence-electron chi connectivity index (χ3n) is 7.56. The van der Waals surface area contributed by atoms with Crippen molar-refractivity contribution in [3.8, 4) is 0 Å². The highest BCUT2D eigenvalue weighted by atomic mass is 32.2. The Morgan fingerprint density at radius 2 is 1.81 bits per heavy atom. The first-order chi connectivity index (χ1) is 15.5. The first-order valence-corrected chi connectivity index (χ1v) is 13.7. The van der Waals surface area contributed by atoms with Gasteiger partial charge in [-0.25, -0.2) is 13.4 Å². The van der Waals surface area contributed by atoms with E-state index in [4.69, 9.17) is 0 Å². The van der Waals surface area contributed by atoms with Crippen molar-refractivity contribution in [2.24, 2.45) is 10.9 Å². The first-order valence-electron chi connectivity index (χ1n) is 12.2. The molecule has 9 heteroatoms. The van der Waals surface area contributed by atoms with Crippen LogP contribution in [-0.2, 0) is 35.7 Å². The predicted octanol–water partition coefficient (Wildman–Crippen LogP) is 1.82.